The van der Waals surface area contributed by atoms with Crippen LogP contribution >= 0.6 is 15.9 Å². The van der Waals surface area contributed by atoms with Crippen LogP contribution in [0.1, 0.15) is 13.3 Å². The third kappa shape index (κ3) is 1.86. The van der Waals surface area contributed by atoms with Gasteiger partial charge in [0.15, 0.2) is 0 Å². The SMILES string of the molecule is CC1CC(CBr)CN1C(=O)O. The topological polar surface area (TPSA) is 40.5 Å². The Hall–Kier alpha value is -0.250. The number of rotatable bonds is 1. The van der Waals surface area contributed by atoms with E-state index in [1.54, 1.807) is 0 Å². The minimum Gasteiger partial charge on any atom is -0.465 e. The highest BCUT2D eigenvalue weighted by Crippen LogP contribution is 2.23. The summed E-state index contributed by atoms with van der Waals surface area (Å²) in [5, 5.41) is 9.61. The number of hydrogen-bond acceptors (Lipinski definition) is 1. The fourth-order valence-corrected chi connectivity index (χ4v) is 1.99. The van der Waals surface area contributed by atoms with Crippen molar-refractivity contribution in [3.63, 3.8) is 0 Å². The number of carboxylic acid groups (broad SMARTS) is 1. The van der Waals surface area contributed by atoms with Crippen LogP contribution in [0.3, 0.4) is 0 Å². The Morgan fingerprint density at radius 3 is 2.73 bits per heavy atom. The van der Waals surface area contributed by atoms with Crippen molar-refractivity contribution in [2.75, 3.05) is 11.9 Å². The van der Waals surface area contributed by atoms with E-state index in [9.17, 15) is 4.79 Å². The number of nitrogens with zero attached hydrogens (tertiary/aromatic N) is 1. The molecule has 0 aromatic carbocycles. The summed E-state index contributed by atoms with van der Waals surface area (Å²) in [5.41, 5.74) is 0. The van der Waals surface area contributed by atoms with Gasteiger partial charge < -0.3 is 10.0 Å². The highest BCUT2D eigenvalue weighted by atomic mass is 79.9. The molecule has 0 radical (unpaired) electrons. The fraction of sp³-hybridized carbons (Fsp3) is 0.857. The van der Waals surface area contributed by atoms with Gasteiger partial charge in [0.25, 0.3) is 0 Å². The van der Waals surface area contributed by atoms with Crippen molar-refractivity contribution in [3.8, 4) is 0 Å². The quantitative estimate of drug-likeness (QED) is 0.687. The number of likely N-dealkylation sites (tertiary alicyclic amines) is 1. The molecule has 64 valence electrons. The Balaban J connectivity index is 2.51. The molecule has 1 heterocycles. The number of amides is 1. The molecule has 0 aliphatic carbocycles. The van der Waals surface area contributed by atoms with Gasteiger partial charge in [0.05, 0.1) is 0 Å². The second kappa shape index (κ2) is 3.43. The summed E-state index contributed by atoms with van der Waals surface area (Å²) < 4.78 is 0. The van der Waals surface area contributed by atoms with Crippen LogP contribution in [0.25, 0.3) is 0 Å². The second-order valence-electron chi connectivity index (χ2n) is 3.04. The molecule has 3 nitrogen and oxygen atoms in total. The molecule has 4 heteroatoms. The molecule has 0 spiro atoms. The first kappa shape index (κ1) is 8.84. The fourth-order valence-electron chi connectivity index (χ4n) is 1.52. The van der Waals surface area contributed by atoms with Crippen LogP contribution in [0.15, 0.2) is 0 Å². The molecule has 0 saturated carbocycles. The Bertz CT molecular complexity index is 163. The van der Waals surface area contributed by atoms with Crippen molar-refractivity contribution >= 4 is 22.0 Å². The number of hydrogen-bond donors (Lipinski definition) is 1. The Kier molecular flexibility index (Phi) is 2.76. The minimum atomic E-state index is -0.791. The van der Waals surface area contributed by atoms with Crippen molar-refractivity contribution in [3.05, 3.63) is 0 Å². The van der Waals surface area contributed by atoms with Crippen LogP contribution in [-0.4, -0.2) is 34.0 Å². The summed E-state index contributed by atoms with van der Waals surface area (Å²) in [6, 6.07) is 0.190. The van der Waals surface area contributed by atoms with Gasteiger partial charge in [0.2, 0.25) is 0 Å². The summed E-state index contributed by atoms with van der Waals surface area (Å²) in [7, 11) is 0. The van der Waals surface area contributed by atoms with E-state index in [0.29, 0.717) is 12.5 Å². The van der Waals surface area contributed by atoms with Crippen LogP contribution in [-0.2, 0) is 0 Å². The van der Waals surface area contributed by atoms with Gasteiger partial charge in [-0.2, -0.15) is 0 Å². The lowest BCUT2D eigenvalue weighted by Gasteiger charge is -2.16. The molecule has 0 bridgehead atoms. The first-order chi connectivity index (χ1) is 5.15. The summed E-state index contributed by atoms with van der Waals surface area (Å²) in [4.78, 5) is 12.1. The van der Waals surface area contributed by atoms with Gasteiger partial charge in [-0.1, -0.05) is 15.9 Å². The Labute approximate surface area is 74.5 Å². The molecule has 2 unspecified atom stereocenters. The van der Waals surface area contributed by atoms with Gasteiger partial charge in [-0.15, -0.1) is 0 Å². The van der Waals surface area contributed by atoms with E-state index in [4.69, 9.17) is 5.11 Å². The molecule has 0 aromatic rings. The second-order valence-corrected chi connectivity index (χ2v) is 3.69. The maximum absolute atomic E-state index is 10.6. The van der Waals surface area contributed by atoms with Gasteiger partial charge in [-0.05, 0) is 19.3 Å². The number of halogens is 1. The molecule has 1 rings (SSSR count). The van der Waals surface area contributed by atoms with Crippen molar-refractivity contribution in [2.24, 2.45) is 5.92 Å². The highest BCUT2D eigenvalue weighted by molar-refractivity contribution is 9.09. The van der Waals surface area contributed by atoms with E-state index in [1.807, 2.05) is 6.92 Å². The van der Waals surface area contributed by atoms with Gasteiger partial charge >= 0.3 is 6.09 Å². The summed E-state index contributed by atoms with van der Waals surface area (Å²) in [5.74, 6) is 0.501. The van der Waals surface area contributed by atoms with Crippen LogP contribution in [0, 0.1) is 5.92 Å². The van der Waals surface area contributed by atoms with E-state index < -0.39 is 6.09 Å². The van der Waals surface area contributed by atoms with E-state index >= 15 is 0 Å². The molecular formula is C7H12BrNO2. The van der Waals surface area contributed by atoms with Crippen molar-refractivity contribution in [1.29, 1.82) is 0 Å². The highest BCUT2D eigenvalue weighted by Gasteiger charge is 2.31. The Morgan fingerprint density at radius 2 is 2.45 bits per heavy atom. The molecule has 1 saturated heterocycles. The molecule has 1 amide bonds. The van der Waals surface area contributed by atoms with Crippen molar-refractivity contribution in [1.82, 2.24) is 4.90 Å². The first-order valence-electron chi connectivity index (χ1n) is 3.70. The lowest BCUT2D eigenvalue weighted by atomic mass is 10.1. The van der Waals surface area contributed by atoms with Crippen LogP contribution in [0.5, 0.6) is 0 Å². The van der Waals surface area contributed by atoms with Crippen molar-refractivity contribution in [2.45, 2.75) is 19.4 Å². The van der Waals surface area contributed by atoms with E-state index in [-0.39, 0.29) is 6.04 Å². The van der Waals surface area contributed by atoms with Gasteiger partial charge in [-0.3, -0.25) is 0 Å². The average Bonchev–Trinajstić information content (AvgIpc) is 2.30. The van der Waals surface area contributed by atoms with E-state index in [1.165, 1.54) is 4.90 Å². The molecule has 1 aliphatic rings. The van der Waals surface area contributed by atoms with Crippen LogP contribution in [0.2, 0.25) is 0 Å². The average molecular weight is 222 g/mol. The molecule has 1 N–H and O–H groups in total. The van der Waals surface area contributed by atoms with E-state index in [2.05, 4.69) is 15.9 Å². The predicted molar refractivity (Wildman–Crippen MR) is 46.1 cm³/mol. The maximum Gasteiger partial charge on any atom is 0.407 e. The number of alkyl halides is 1. The molecular weight excluding hydrogens is 210 g/mol. The lowest BCUT2D eigenvalue weighted by molar-refractivity contribution is 0.142. The van der Waals surface area contributed by atoms with E-state index in [0.717, 1.165) is 11.8 Å². The summed E-state index contributed by atoms with van der Waals surface area (Å²) >= 11 is 3.36. The lowest BCUT2D eigenvalue weighted by Crippen LogP contribution is -2.32. The van der Waals surface area contributed by atoms with Gasteiger partial charge in [0, 0.05) is 17.9 Å². The summed E-state index contributed by atoms with van der Waals surface area (Å²) in [6.07, 6.45) is 0.193. The smallest absolute Gasteiger partial charge is 0.407 e. The van der Waals surface area contributed by atoms with Gasteiger partial charge in [-0.25, -0.2) is 4.79 Å². The third-order valence-corrected chi connectivity index (χ3v) is 3.04. The normalized spacial score (nSPS) is 30.9. The standard InChI is InChI=1S/C7H12BrNO2/c1-5-2-6(3-8)4-9(5)7(10)11/h5-6H,2-4H2,1H3,(H,10,11). The molecule has 11 heavy (non-hydrogen) atoms. The zero-order valence-corrected chi connectivity index (χ0v) is 8.04. The summed E-state index contributed by atoms with van der Waals surface area (Å²) in [6.45, 7) is 2.64. The monoisotopic (exact) mass is 221 g/mol. The minimum absolute atomic E-state index is 0.190. The molecule has 1 fully saturated rings. The van der Waals surface area contributed by atoms with Crippen LogP contribution < -0.4 is 0 Å². The number of carbonyl (C=O) groups is 1. The van der Waals surface area contributed by atoms with Gasteiger partial charge in [0.1, 0.15) is 0 Å². The van der Waals surface area contributed by atoms with Crippen molar-refractivity contribution < 1.29 is 9.90 Å². The molecule has 0 aromatic heterocycles. The first-order valence-corrected chi connectivity index (χ1v) is 4.82. The van der Waals surface area contributed by atoms with Crippen LogP contribution in [0.4, 0.5) is 4.79 Å². The maximum atomic E-state index is 10.6. The largest absolute Gasteiger partial charge is 0.465 e. The zero-order chi connectivity index (χ0) is 8.43. The Morgan fingerprint density at radius 1 is 1.82 bits per heavy atom. The zero-order valence-electron chi connectivity index (χ0n) is 6.46. The third-order valence-electron chi connectivity index (χ3n) is 2.13. The molecule has 2 atom stereocenters. The molecule has 1 aliphatic heterocycles. The predicted octanol–water partition coefficient (Wildman–Crippen LogP) is 1.77.